The van der Waals surface area contributed by atoms with E-state index in [4.69, 9.17) is 5.14 Å². The van der Waals surface area contributed by atoms with Crippen LogP contribution >= 0.6 is 11.3 Å². The predicted octanol–water partition coefficient (Wildman–Crippen LogP) is 6.12. The standard InChI is InChI=1S/C23H17F3N2O2S2/c1-14-11-18(15-5-7-19(8-6-15)23(24,25)26)13-20(28-14)16-3-2-4-17(12-16)21-9-10-22(31-21)32(27,29)30/h2-13H,1H3,(H2,27,29,30). The van der Waals surface area contributed by atoms with Crippen molar-refractivity contribution in [3.63, 3.8) is 0 Å². The number of halogens is 3. The van der Waals surface area contributed by atoms with Crippen LogP contribution in [-0.4, -0.2) is 13.4 Å². The zero-order valence-electron chi connectivity index (χ0n) is 16.7. The quantitative estimate of drug-likeness (QED) is 0.387. The molecule has 0 spiro atoms. The molecule has 2 aromatic heterocycles. The summed E-state index contributed by atoms with van der Waals surface area (Å²) in [4.78, 5) is 5.32. The Kier molecular flexibility index (Phi) is 5.66. The lowest BCUT2D eigenvalue weighted by atomic mass is 10.00. The van der Waals surface area contributed by atoms with Crippen LogP contribution in [0.5, 0.6) is 0 Å². The van der Waals surface area contributed by atoms with Gasteiger partial charge in [0.2, 0.25) is 10.0 Å². The van der Waals surface area contributed by atoms with Gasteiger partial charge in [0.1, 0.15) is 4.21 Å². The number of nitrogens with two attached hydrogens (primary N) is 1. The summed E-state index contributed by atoms with van der Waals surface area (Å²) < 4.78 is 61.8. The second-order valence-corrected chi connectivity index (χ2v) is 10.1. The zero-order chi connectivity index (χ0) is 23.1. The average molecular weight is 475 g/mol. The third kappa shape index (κ3) is 4.74. The van der Waals surface area contributed by atoms with Gasteiger partial charge in [0.15, 0.2) is 0 Å². The second kappa shape index (κ2) is 8.16. The molecule has 0 radical (unpaired) electrons. The number of pyridine rings is 1. The number of sulfonamides is 1. The lowest BCUT2D eigenvalue weighted by Crippen LogP contribution is -2.09. The van der Waals surface area contributed by atoms with Gasteiger partial charge in [-0.3, -0.25) is 4.98 Å². The van der Waals surface area contributed by atoms with Crippen LogP contribution in [0.3, 0.4) is 0 Å². The van der Waals surface area contributed by atoms with Gasteiger partial charge in [0.05, 0.1) is 11.3 Å². The van der Waals surface area contributed by atoms with E-state index in [1.807, 2.05) is 43.3 Å². The van der Waals surface area contributed by atoms with Crippen LogP contribution in [0.15, 0.2) is 77.0 Å². The Morgan fingerprint density at radius 3 is 2.16 bits per heavy atom. The Morgan fingerprint density at radius 1 is 0.844 bits per heavy atom. The molecule has 0 saturated carbocycles. The van der Waals surface area contributed by atoms with Crippen LogP contribution in [-0.2, 0) is 16.2 Å². The summed E-state index contributed by atoms with van der Waals surface area (Å²) in [6.45, 7) is 1.82. The molecular formula is C23H17F3N2O2S2. The second-order valence-electron chi connectivity index (χ2n) is 7.20. The third-order valence-electron chi connectivity index (χ3n) is 4.80. The van der Waals surface area contributed by atoms with Crippen molar-refractivity contribution in [1.82, 2.24) is 4.98 Å². The first-order chi connectivity index (χ1) is 15.0. The number of alkyl halides is 3. The maximum atomic E-state index is 12.9. The van der Waals surface area contributed by atoms with Gasteiger partial charge in [-0.1, -0.05) is 30.3 Å². The molecule has 0 unspecified atom stereocenters. The maximum absolute atomic E-state index is 12.9. The van der Waals surface area contributed by atoms with E-state index in [2.05, 4.69) is 4.98 Å². The van der Waals surface area contributed by atoms with Gasteiger partial charge in [-0.15, -0.1) is 11.3 Å². The molecule has 0 amide bonds. The average Bonchev–Trinajstić information content (AvgIpc) is 3.24. The van der Waals surface area contributed by atoms with E-state index in [0.29, 0.717) is 11.3 Å². The topological polar surface area (TPSA) is 73.1 Å². The molecule has 32 heavy (non-hydrogen) atoms. The molecule has 4 aromatic rings. The van der Waals surface area contributed by atoms with Crippen molar-refractivity contribution >= 4 is 21.4 Å². The summed E-state index contributed by atoms with van der Waals surface area (Å²) in [5, 5.41) is 5.20. The zero-order valence-corrected chi connectivity index (χ0v) is 18.4. The fraction of sp³-hybridized carbons (Fsp3) is 0.0870. The first-order valence-corrected chi connectivity index (χ1v) is 11.8. The first kappa shape index (κ1) is 22.2. The first-order valence-electron chi connectivity index (χ1n) is 9.40. The summed E-state index contributed by atoms with van der Waals surface area (Å²) in [7, 11) is -3.77. The molecule has 2 aromatic carbocycles. The lowest BCUT2D eigenvalue weighted by molar-refractivity contribution is -0.137. The number of benzene rings is 2. The number of hydrogen-bond donors (Lipinski definition) is 1. The molecule has 2 N–H and O–H groups in total. The van der Waals surface area contributed by atoms with E-state index in [1.54, 1.807) is 6.07 Å². The van der Waals surface area contributed by atoms with E-state index in [9.17, 15) is 21.6 Å². The van der Waals surface area contributed by atoms with E-state index >= 15 is 0 Å². The van der Waals surface area contributed by atoms with E-state index < -0.39 is 21.8 Å². The van der Waals surface area contributed by atoms with Gasteiger partial charge < -0.3 is 0 Å². The molecule has 4 nitrogen and oxygen atoms in total. The molecule has 9 heteroatoms. The highest BCUT2D eigenvalue weighted by molar-refractivity contribution is 7.91. The minimum absolute atomic E-state index is 0.0798. The number of primary sulfonamides is 1. The Morgan fingerprint density at radius 2 is 1.53 bits per heavy atom. The SMILES string of the molecule is Cc1cc(-c2ccc(C(F)(F)F)cc2)cc(-c2cccc(-c3ccc(S(N)(=O)=O)s3)c2)n1. The summed E-state index contributed by atoms with van der Waals surface area (Å²) >= 11 is 1.08. The van der Waals surface area contributed by atoms with Crippen molar-refractivity contribution in [2.24, 2.45) is 5.14 Å². The molecule has 0 aliphatic rings. The van der Waals surface area contributed by atoms with Crippen LogP contribution in [0.4, 0.5) is 13.2 Å². The predicted molar refractivity (Wildman–Crippen MR) is 120 cm³/mol. The Balaban J connectivity index is 1.71. The fourth-order valence-corrected chi connectivity index (χ4v) is 5.02. The van der Waals surface area contributed by atoms with Gasteiger partial charge in [-0.25, -0.2) is 13.6 Å². The molecule has 0 aliphatic heterocycles. The number of nitrogens with zero attached hydrogens (tertiary/aromatic N) is 1. The highest BCUT2D eigenvalue weighted by Gasteiger charge is 2.30. The number of aromatic nitrogens is 1. The van der Waals surface area contributed by atoms with Crippen LogP contribution < -0.4 is 5.14 Å². The lowest BCUT2D eigenvalue weighted by Gasteiger charge is -2.10. The molecule has 0 saturated heterocycles. The summed E-state index contributed by atoms with van der Waals surface area (Å²) in [6, 6.07) is 19.3. The van der Waals surface area contributed by atoms with Crippen LogP contribution in [0, 0.1) is 6.92 Å². The number of thiophene rings is 1. The summed E-state index contributed by atoms with van der Waals surface area (Å²) in [5.41, 5.74) is 3.68. The van der Waals surface area contributed by atoms with Gasteiger partial charge in [-0.05, 0) is 66.1 Å². The van der Waals surface area contributed by atoms with Crippen LogP contribution in [0.2, 0.25) is 0 Å². The molecular weight excluding hydrogens is 457 g/mol. The number of rotatable bonds is 4. The molecule has 0 fully saturated rings. The van der Waals surface area contributed by atoms with E-state index in [1.165, 1.54) is 18.2 Å². The van der Waals surface area contributed by atoms with Crippen molar-refractivity contribution < 1.29 is 21.6 Å². The van der Waals surface area contributed by atoms with Crippen molar-refractivity contribution in [2.75, 3.05) is 0 Å². The molecule has 2 heterocycles. The largest absolute Gasteiger partial charge is 0.416 e. The Labute approximate surface area is 187 Å². The summed E-state index contributed by atoms with van der Waals surface area (Å²) in [6.07, 6.45) is -4.39. The third-order valence-corrected chi connectivity index (χ3v) is 7.38. The van der Waals surface area contributed by atoms with Crippen LogP contribution in [0.25, 0.3) is 32.8 Å². The van der Waals surface area contributed by atoms with Crippen molar-refractivity contribution in [3.8, 4) is 32.8 Å². The normalized spacial score (nSPS) is 12.2. The highest BCUT2D eigenvalue weighted by atomic mass is 32.2. The van der Waals surface area contributed by atoms with Crippen molar-refractivity contribution in [2.45, 2.75) is 17.3 Å². The number of aryl methyl sites for hydroxylation is 1. The Hall–Kier alpha value is -3.01. The molecule has 0 bridgehead atoms. The van der Waals surface area contributed by atoms with E-state index in [0.717, 1.165) is 50.7 Å². The monoisotopic (exact) mass is 474 g/mol. The molecule has 0 atom stereocenters. The van der Waals surface area contributed by atoms with Crippen LogP contribution in [0.1, 0.15) is 11.3 Å². The maximum Gasteiger partial charge on any atom is 0.416 e. The molecule has 164 valence electrons. The van der Waals surface area contributed by atoms with Crippen molar-refractivity contribution in [1.29, 1.82) is 0 Å². The van der Waals surface area contributed by atoms with Gasteiger partial charge >= 0.3 is 6.18 Å². The summed E-state index contributed by atoms with van der Waals surface area (Å²) in [5.74, 6) is 0. The highest BCUT2D eigenvalue weighted by Crippen LogP contribution is 2.34. The van der Waals surface area contributed by atoms with Gasteiger partial charge in [-0.2, -0.15) is 13.2 Å². The minimum Gasteiger partial charge on any atom is -0.253 e. The Bertz CT molecular complexity index is 1390. The number of hydrogen-bond acceptors (Lipinski definition) is 4. The van der Waals surface area contributed by atoms with Gasteiger partial charge in [0, 0.05) is 16.1 Å². The van der Waals surface area contributed by atoms with E-state index in [-0.39, 0.29) is 4.21 Å². The molecule has 0 aliphatic carbocycles. The minimum atomic E-state index is -4.39. The van der Waals surface area contributed by atoms with Gasteiger partial charge in [0.25, 0.3) is 0 Å². The fourth-order valence-electron chi connectivity index (χ4n) is 3.29. The molecule has 4 rings (SSSR count). The van der Waals surface area contributed by atoms with Crippen molar-refractivity contribution in [3.05, 3.63) is 84.1 Å². The smallest absolute Gasteiger partial charge is 0.253 e.